The molecule has 1 aromatic rings. The molecule has 7 heteroatoms. The van der Waals surface area contributed by atoms with Gasteiger partial charge in [0.05, 0.1) is 12.2 Å². The van der Waals surface area contributed by atoms with Crippen LogP contribution in [0.15, 0.2) is 17.5 Å². The predicted octanol–water partition coefficient (Wildman–Crippen LogP) is 2.99. The normalized spacial score (nSPS) is 26.6. The van der Waals surface area contributed by atoms with Crippen LogP contribution in [0.1, 0.15) is 30.6 Å². The third kappa shape index (κ3) is 3.73. The second kappa shape index (κ2) is 6.59. The van der Waals surface area contributed by atoms with Gasteiger partial charge in [-0.15, -0.1) is 11.3 Å². The summed E-state index contributed by atoms with van der Waals surface area (Å²) in [6.07, 6.45) is 1.03. The third-order valence-electron chi connectivity index (χ3n) is 5.71. The van der Waals surface area contributed by atoms with E-state index in [2.05, 4.69) is 22.4 Å². The summed E-state index contributed by atoms with van der Waals surface area (Å²) in [5, 5.41) is 2.10. The minimum absolute atomic E-state index is 0.0907. The predicted molar refractivity (Wildman–Crippen MR) is 91.8 cm³/mol. The number of likely N-dealkylation sites (tertiary alicyclic amines) is 1. The summed E-state index contributed by atoms with van der Waals surface area (Å²) >= 11 is 1.77. The first-order valence-electron chi connectivity index (χ1n) is 9.00. The van der Waals surface area contributed by atoms with Crippen LogP contribution >= 0.6 is 11.3 Å². The maximum Gasteiger partial charge on any atom is 0.249 e. The molecule has 1 aromatic heterocycles. The molecule has 3 aliphatic rings. The van der Waals surface area contributed by atoms with E-state index in [-0.39, 0.29) is 24.3 Å². The Hall–Kier alpha value is -1.05. The number of hydrogen-bond acceptors (Lipinski definition) is 4. The zero-order valence-electron chi connectivity index (χ0n) is 14.3. The molecule has 0 unspecified atom stereocenters. The highest BCUT2D eigenvalue weighted by atomic mass is 32.1. The molecule has 0 N–H and O–H groups in total. The van der Waals surface area contributed by atoms with Crippen molar-refractivity contribution in [3.63, 3.8) is 0 Å². The Morgan fingerprint density at radius 3 is 2.68 bits per heavy atom. The van der Waals surface area contributed by atoms with Crippen LogP contribution in [0.3, 0.4) is 0 Å². The zero-order valence-corrected chi connectivity index (χ0v) is 15.1. The van der Waals surface area contributed by atoms with E-state index in [1.165, 1.54) is 4.88 Å². The number of carbonyl (C=O) groups excluding carboxylic acids is 1. The number of nitrogens with zero attached hydrogens (tertiary/aromatic N) is 2. The van der Waals surface area contributed by atoms with Crippen molar-refractivity contribution >= 4 is 17.2 Å². The molecule has 1 saturated carbocycles. The molecule has 0 atom stereocenters. The van der Waals surface area contributed by atoms with Crippen LogP contribution in [0.4, 0.5) is 8.78 Å². The Labute approximate surface area is 150 Å². The van der Waals surface area contributed by atoms with E-state index in [9.17, 15) is 13.6 Å². The molecule has 25 heavy (non-hydrogen) atoms. The van der Waals surface area contributed by atoms with Crippen LogP contribution in [0, 0.1) is 5.92 Å². The van der Waals surface area contributed by atoms with Gasteiger partial charge in [0.1, 0.15) is 0 Å². The Morgan fingerprint density at radius 1 is 1.28 bits per heavy atom. The largest absolute Gasteiger partial charge is 0.372 e. The number of morpholine rings is 1. The molecule has 1 aliphatic carbocycles. The number of rotatable bonds is 3. The van der Waals surface area contributed by atoms with Crippen molar-refractivity contribution in [1.82, 2.24) is 9.80 Å². The number of halogens is 2. The van der Waals surface area contributed by atoms with E-state index in [4.69, 9.17) is 4.74 Å². The number of alkyl halides is 2. The summed E-state index contributed by atoms with van der Waals surface area (Å²) < 4.78 is 32.1. The summed E-state index contributed by atoms with van der Waals surface area (Å²) in [5.74, 6) is -3.20. The summed E-state index contributed by atoms with van der Waals surface area (Å²) in [6, 6.07) is 4.23. The molecule has 0 aromatic carbocycles. The van der Waals surface area contributed by atoms with E-state index in [1.807, 2.05) is 0 Å². The fourth-order valence-corrected chi connectivity index (χ4v) is 4.96. The Kier molecular flexibility index (Phi) is 4.58. The van der Waals surface area contributed by atoms with Gasteiger partial charge in [0.25, 0.3) is 0 Å². The number of thiophene rings is 1. The average Bonchev–Trinajstić information content (AvgIpc) is 3.06. The van der Waals surface area contributed by atoms with Gasteiger partial charge in [-0.2, -0.15) is 0 Å². The fourth-order valence-electron chi connectivity index (χ4n) is 4.21. The summed E-state index contributed by atoms with van der Waals surface area (Å²) in [5.41, 5.74) is -0.185. The van der Waals surface area contributed by atoms with Crippen LogP contribution in [0.25, 0.3) is 0 Å². The Morgan fingerprint density at radius 2 is 2.04 bits per heavy atom. The Bertz CT molecular complexity index is 607. The van der Waals surface area contributed by atoms with Crippen molar-refractivity contribution in [2.75, 3.05) is 32.8 Å². The smallest absolute Gasteiger partial charge is 0.249 e. The molecule has 0 radical (unpaired) electrons. The van der Waals surface area contributed by atoms with E-state index >= 15 is 0 Å². The zero-order chi connectivity index (χ0) is 17.5. The summed E-state index contributed by atoms with van der Waals surface area (Å²) in [6.45, 7) is 4.71. The second-order valence-electron chi connectivity index (χ2n) is 7.61. The lowest BCUT2D eigenvalue weighted by atomic mass is 9.79. The SMILES string of the molecule is O=C(C1CC(F)(F)C1)N1CCC2(CC1)CN(Cc1cccs1)CCO2. The van der Waals surface area contributed by atoms with Crippen LogP contribution in [0.5, 0.6) is 0 Å². The fraction of sp³-hybridized carbons (Fsp3) is 0.722. The van der Waals surface area contributed by atoms with Gasteiger partial charge in [-0.1, -0.05) is 6.07 Å². The molecule has 1 spiro atoms. The number of carbonyl (C=O) groups is 1. The lowest BCUT2D eigenvalue weighted by Gasteiger charge is -2.48. The standard InChI is InChI=1S/C18H24F2N2O2S/c19-18(20)10-14(11-18)16(23)22-5-3-17(4-6-22)13-21(7-8-24-17)12-15-2-1-9-25-15/h1-2,9,14H,3-8,10-13H2. The molecular formula is C18H24F2N2O2S. The van der Waals surface area contributed by atoms with Crippen LogP contribution in [-0.2, 0) is 16.1 Å². The minimum atomic E-state index is -2.63. The molecule has 3 heterocycles. The van der Waals surface area contributed by atoms with Gasteiger partial charge in [0.15, 0.2) is 0 Å². The number of amides is 1. The van der Waals surface area contributed by atoms with Crippen molar-refractivity contribution in [2.45, 2.75) is 43.8 Å². The van der Waals surface area contributed by atoms with Crippen molar-refractivity contribution in [3.8, 4) is 0 Å². The van der Waals surface area contributed by atoms with Crippen molar-refractivity contribution in [3.05, 3.63) is 22.4 Å². The number of piperidine rings is 1. The average molecular weight is 370 g/mol. The summed E-state index contributed by atoms with van der Waals surface area (Å²) in [7, 11) is 0. The van der Waals surface area contributed by atoms with E-state index in [0.29, 0.717) is 19.7 Å². The Balaban J connectivity index is 1.30. The second-order valence-corrected chi connectivity index (χ2v) is 8.64. The van der Waals surface area contributed by atoms with Crippen LogP contribution < -0.4 is 0 Å². The van der Waals surface area contributed by atoms with E-state index in [0.717, 1.165) is 32.5 Å². The van der Waals surface area contributed by atoms with Crippen molar-refractivity contribution in [2.24, 2.45) is 5.92 Å². The quantitative estimate of drug-likeness (QED) is 0.820. The highest BCUT2D eigenvalue weighted by Gasteiger charge is 2.50. The molecular weight excluding hydrogens is 346 g/mol. The molecule has 0 bridgehead atoms. The molecule has 4 nitrogen and oxygen atoms in total. The van der Waals surface area contributed by atoms with Crippen LogP contribution in [0.2, 0.25) is 0 Å². The molecule has 2 aliphatic heterocycles. The molecule has 1 amide bonds. The summed E-state index contributed by atoms with van der Waals surface area (Å²) in [4.78, 5) is 17.9. The highest BCUT2D eigenvalue weighted by Crippen LogP contribution is 2.44. The van der Waals surface area contributed by atoms with Gasteiger partial charge in [-0.3, -0.25) is 9.69 Å². The molecule has 3 fully saturated rings. The molecule has 2 saturated heterocycles. The van der Waals surface area contributed by atoms with E-state index in [1.54, 1.807) is 16.2 Å². The monoisotopic (exact) mass is 370 g/mol. The number of ether oxygens (including phenoxy) is 1. The van der Waals surface area contributed by atoms with Crippen molar-refractivity contribution in [1.29, 1.82) is 0 Å². The van der Waals surface area contributed by atoms with Gasteiger partial charge in [-0.05, 0) is 24.3 Å². The number of hydrogen-bond donors (Lipinski definition) is 0. The van der Waals surface area contributed by atoms with Crippen LogP contribution in [-0.4, -0.2) is 60.0 Å². The first kappa shape index (κ1) is 17.4. The topological polar surface area (TPSA) is 32.8 Å². The lowest BCUT2D eigenvalue weighted by Crippen LogP contribution is -2.58. The third-order valence-corrected chi connectivity index (χ3v) is 6.57. The first-order chi connectivity index (χ1) is 11.9. The van der Waals surface area contributed by atoms with E-state index < -0.39 is 11.8 Å². The maximum atomic E-state index is 13.0. The van der Waals surface area contributed by atoms with Gasteiger partial charge in [-0.25, -0.2) is 8.78 Å². The highest BCUT2D eigenvalue weighted by molar-refractivity contribution is 7.09. The van der Waals surface area contributed by atoms with Gasteiger partial charge >= 0.3 is 0 Å². The molecule has 4 rings (SSSR count). The lowest BCUT2D eigenvalue weighted by molar-refractivity contribution is -0.169. The minimum Gasteiger partial charge on any atom is -0.372 e. The maximum absolute atomic E-state index is 13.0. The molecule has 138 valence electrons. The van der Waals surface area contributed by atoms with Gasteiger partial charge < -0.3 is 9.64 Å². The van der Waals surface area contributed by atoms with Gasteiger partial charge in [0.2, 0.25) is 11.8 Å². The van der Waals surface area contributed by atoms with Crippen molar-refractivity contribution < 1.29 is 18.3 Å². The first-order valence-corrected chi connectivity index (χ1v) is 9.88. The van der Waals surface area contributed by atoms with Gasteiger partial charge in [0, 0.05) is 56.4 Å².